The zero-order chi connectivity index (χ0) is 14.0. The molecule has 2 rings (SSSR count). The number of hydrogen-bond acceptors (Lipinski definition) is 4. The van der Waals surface area contributed by atoms with Crippen LogP contribution in [0.4, 0.5) is 15.2 Å². The standard InChI is InChI=1S/C13H14FN3OS/c1-7(2)11-6-19-13(16-11)17-12(18)9-4-3-8(15)5-10(9)14/h3-7H,15H2,1-2H3,(H,16,17,18). The number of nitrogens with one attached hydrogen (secondary N) is 1. The van der Waals surface area contributed by atoms with E-state index in [2.05, 4.69) is 10.3 Å². The number of amides is 1. The lowest BCUT2D eigenvalue weighted by Gasteiger charge is -2.04. The smallest absolute Gasteiger partial charge is 0.260 e. The molecule has 1 aromatic heterocycles. The lowest BCUT2D eigenvalue weighted by Crippen LogP contribution is -2.13. The summed E-state index contributed by atoms with van der Waals surface area (Å²) in [6.45, 7) is 4.03. The van der Waals surface area contributed by atoms with E-state index in [4.69, 9.17) is 5.73 Å². The van der Waals surface area contributed by atoms with E-state index in [0.717, 1.165) is 11.8 Å². The summed E-state index contributed by atoms with van der Waals surface area (Å²) in [5, 5.41) is 4.92. The second-order valence-corrected chi connectivity index (χ2v) is 5.28. The van der Waals surface area contributed by atoms with Crippen molar-refractivity contribution >= 4 is 28.1 Å². The molecule has 0 radical (unpaired) electrons. The van der Waals surface area contributed by atoms with E-state index in [0.29, 0.717) is 5.13 Å². The average Bonchev–Trinajstić information content (AvgIpc) is 2.77. The summed E-state index contributed by atoms with van der Waals surface area (Å²) in [6.07, 6.45) is 0. The molecule has 3 N–H and O–H groups in total. The third kappa shape index (κ3) is 3.08. The summed E-state index contributed by atoms with van der Waals surface area (Å²) >= 11 is 1.32. The number of carbonyl (C=O) groups is 1. The van der Waals surface area contributed by atoms with Gasteiger partial charge in [0.05, 0.1) is 11.3 Å². The number of halogens is 1. The van der Waals surface area contributed by atoms with Crippen LogP contribution in [0.5, 0.6) is 0 Å². The van der Waals surface area contributed by atoms with Gasteiger partial charge in [0.25, 0.3) is 5.91 Å². The molecule has 0 aliphatic carbocycles. The Bertz CT molecular complexity index is 610. The molecule has 0 unspecified atom stereocenters. The number of aromatic nitrogens is 1. The van der Waals surface area contributed by atoms with Crippen LogP contribution in [0, 0.1) is 5.82 Å². The molecular weight excluding hydrogens is 265 g/mol. The topological polar surface area (TPSA) is 68.0 Å². The molecule has 0 atom stereocenters. The van der Waals surface area contributed by atoms with Gasteiger partial charge in [-0.3, -0.25) is 10.1 Å². The fourth-order valence-electron chi connectivity index (χ4n) is 1.49. The summed E-state index contributed by atoms with van der Waals surface area (Å²) in [5.41, 5.74) is 6.57. The monoisotopic (exact) mass is 279 g/mol. The Kier molecular flexibility index (Phi) is 3.80. The lowest BCUT2D eigenvalue weighted by atomic mass is 10.2. The minimum atomic E-state index is -0.641. The zero-order valence-corrected chi connectivity index (χ0v) is 11.4. The van der Waals surface area contributed by atoms with E-state index >= 15 is 0 Å². The summed E-state index contributed by atoms with van der Waals surface area (Å²) in [6, 6.07) is 3.96. The Morgan fingerprint density at radius 3 is 2.79 bits per heavy atom. The molecule has 4 nitrogen and oxygen atoms in total. The van der Waals surface area contributed by atoms with E-state index in [9.17, 15) is 9.18 Å². The highest BCUT2D eigenvalue weighted by molar-refractivity contribution is 7.14. The van der Waals surface area contributed by atoms with Crippen molar-refractivity contribution in [1.29, 1.82) is 0 Å². The van der Waals surface area contributed by atoms with Crippen molar-refractivity contribution in [1.82, 2.24) is 4.98 Å². The van der Waals surface area contributed by atoms with Crippen LogP contribution >= 0.6 is 11.3 Å². The van der Waals surface area contributed by atoms with Gasteiger partial charge in [-0.2, -0.15) is 0 Å². The maximum atomic E-state index is 13.6. The summed E-state index contributed by atoms with van der Waals surface area (Å²) in [5.74, 6) is -0.879. The van der Waals surface area contributed by atoms with Crippen LogP contribution in [0.3, 0.4) is 0 Å². The molecular formula is C13H14FN3OS. The third-order valence-corrected chi connectivity index (χ3v) is 3.35. The van der Waals surface area contributed by atoms with Crippen molar-refractivity contribution in [2.45, 2.75) is 19.8 Å². The predicted molar refractivity (Wildman–Crippen MR) is 75.0 cm³/mol. The van der Waals surface area contributed by atoms with Crippen molar-refractivity contribution in [3.8, 4) is 0 Å². The molecule has 1 amide bonds. The molecule has 0 bridgehead atoms. The number of anilines is 2. The van der Waals surface area contributed by atoms with Gasteiger partial charge < -0.3 is 5.73 Å². The molecule has 0 saturated heterocycles. The molecule has 0 fully saturated rings. The number of thiazole rings is 1. The highest BCUT2D eigenvalue weighted by atomic mass is 32.1. The second-order valence-electron chi connectivity index (χ2n) is 4.43. The number of rotatable bonds is 3. The predicted octanol–water partition coefficient (Wildman–Crippen LogP) is 3.24. The molecule has 100 valence electrons. The van der Waals surface area contributed by atoms with E-state index in [-0.39, 0.29) is 17.2 Å². The summed E-state index contributed by atoms with van der Waals surface area (Å²) in [4.78, 5) is 16.2. The van der Waals surface area contributed by atoms with Crippen LogP contribution in [0.1, 0.15) is 35.8 Å². The Morgan fingerprint density at radius 2 is 2.21 bits per heavy atom. The maximum Gasteiger partial charge on any atom is 0.260 e. The Labute approximate surface area is 114 Å². The van der Waals surface area contributed by atoms with Gasteiger partial charge >= 0.3 is 0 Å². The van der Waals surface area contributed by atoms with E-state index in [1.807, 2.05) is 19.2 Å². The van der Waals surface area contributed by atoms with Gasteiger partial charge in [-0.1, -0.05) is 13.8 Å². The molecule has 0 aliphatic rings. The highest BCUT2D eigenvalue weighted by Crippen LogP contribution is 2.22. The first-order valence-electron chi connectivity index (χ1n) is 5.79. The second kappa shape index (κ2) is 5.36. The van der Waals surface area contributed by atoms with Crippen molar-refractivity contribution in [2.75, 3.05) is 11.1 Å². The fourth-order valence-corrected chi connectivity index (χ4v) is 2.36. The lowest BCUT2D eigenvalue weighted by molar-refractivity contribution is 0.102. The molecule has 0 saturated carbocycles. The van der Waals surface area contributed by atoms with Crippen LogP contribution in [0.15, 0.2) is 23.6 Å². The SMILES string of the molecule is CC(C)c1csc(NC(=O)c2ccc(N)cc2F)n1. The van der Waals surface area contributed by atoms with Crippen molar-refractivity contribution < 1.29 is 9.18 Å². The molecule has 1 aromatic carbocycles. The third-order valence-electron chi connectivity index (χ3n) is 2.57. The zero-order valence-electron chi connectivity index (χ0n) is 10.6. The molecule has 2 aromatic rings. The van der Waals surface area contributed by atoms with Gasteiger partial charge in [-0.05, 0) is 24.1 Å². The van der Waals surface area contributed by atoms with Crippen molar-refractivity contribution in [3.63, 3.8) is 0 Å². The number of carbonyl (C=O) groups excluding carboxylic acids is 1. The Morgan fingerprint density at radius 1 is 1.47 bits per heavy atom. The average molecular weight is 279 g/mol. The van der Waals surface area contributed by atoms with E-state index < -0.39 is 11.7 Å². The van der Waals surface area contributed by atoms with Gasteiger partial charge in [0.2, 0.25) is 0 Å². The molecule has 19 heavy (non-hydrogen) atoms. The normalized spacial score (nSPS) is 10.7. The quantitative estimate of drug-likeness (QED) is 0.847. The number of hydrogen-bond donors (Lipinski definition) is 2. The highest BCUT2D eigenvalue weighted by Gasteiger charge is 2.14. The first kappa shape index (κ1) is 13.5. The number of nitrogens with two attached hydrogens (primary N) is 1. The molecule has 1 heterocycles. The van der Waals surface area contributed by atoms with E-state index in [1.165, 1.54) is 23.5 Å². The number of nitrogen functional groups attached to an aromatic ring is 1. The molecule has 0 spiro atoms. The van der Waals surface area contributed by atoms with Gasteiger partial charge in [0.1, 0.15) is 5.82 Å². The minimum Gasteiger partial charge on any atom is -0.399 e. The Hall–Kier alpha value is -1.95. The van der Waals surface area contributed by atoms with Crippen molar-refractivity contribution in [3.05, 3.63) is 40.7 Å². The number of nitrogens with zero attached hydrogens (tertiary/aromatic N) is 1. The minimum absolute atomic E-state index is 0.0458. The number of benzene rings is 1. The molecule has 0 aliphatic heterocycles. The fraction of sp³-hybridized carbons (Fsp3) is 0.231. The van der Waals surface area contributed by atoms with Gasteiger partial charge in [-0.15, -0.1) is 11.3 Å². The van der Waals surface area contributed by atoms with Crippen LogP contribution in [-0.4, -0.2) is 10.9 Å². The van der Waals surface area contributed by atoms with Gasteiger partial charge in [-0.25, -0.2) is 9.37 Å². The largest absolute Gasteiger partial charge is 0.399 e. The van der Waals surface area contributed by atoms with Crippen LogP contribution in [0.25, 0.3) is 0 Å². The summed E-state index contributed by atoms with van der Waals surface area (Å²) < 4.78 is 13.6. The van der Waals surface area contributed by atoms with Crippen molar-refractivity contribution in [2.24, 2.45) is 0 Å². The summed E-state index contributed by atoms with van der Waals surface area (Å²) in [7, 11) is 0. The van der Waals surface area contributed by atoms with Crippen LogP contribution in [-0.2, 0) is 0 Å². The Balaban J connectivity index is 2.16. The first-order valence-corrected chi connectivity index (χ1v) is 6.67. The van der Waals surface area contributed by atoms with Gasteiger partial charge in [0.15, 0.2) is 5.13 Å². The first-order chi connectivity index (χ1) is 8.97. The van der Waals surface area contributed by atoms with Gasteiger partial charge in [0, 0.05) is 11.1 Å². The van der Waals surface area contributed by atoms with Crippen LogP contribution < -0.4 is 11.1 Å². The van der Waals surface area contributed by atoms with E-state index in [1.54, 1.807) is 0 Å². The molecule has 6 heteroatoms. The maximum absolute atomic E-state index is 13.6. The van der Waals surface area contributed by atoms with Crippen LogP contribution in [0.2, 0.25) is 0 Å².